The van der Waals surface area contributed by atoms with Crippen LogP contribution in [0.15, 0.2) is 24.3 Å². The fourth-order valence-corrected chi connectivity index (χ4v) is 2.09. The van der Waals surface area contributed by atoms with Gasteiger partial charge in [-0.15, -0.1) is 0 Å². The molecular weight excluding hydrogens is 194 g/mol. The van der Waals surface area contributed by atoms with Gasteiger partial charge in [0.2, 0.25) is 0 Å². The molecule has 0 spiro atoms. The molecular formula is C10H11N3S. The molecule has 2 rings (SSSR count). The van der Waals surface area contributed by atoms with Crippen molar-refractivity contribution in [1.29, 1.82) is 0 Å². The Hall–Kier alpha value is -1.55. The summed E-state index contributed by atoms with van der Waals surface area (Å²) >= 11 is 1.42. The highest BCUT2D eigenvalue weighted by atomic mass is 32.1. The van der Waals surface area contributed by atoms with Crippen LogP contribution in [0.1, 0.15) is 5.56 Å². The Morgan fingerprint density at radius 1 is 1.29 bits per heavy atom. The second kappa shape index (κ2) is 3.31. The molecule has 0 fully saturated rings. The van der Waals surface area contributed by atoms with Gasteiger partial charge in [-0.05, 0) is 12.5 Å². The van der Waals surface area contributed by atoms with Gasteiger partial charge in [0.1, 0.15) is 5.82 Å². The molecule has 4 heteroatoms. The number of aromatic nitrogens is 1. The monoisotopic (exact) mass is 205 g/mol. The normalized spacial score (nSPS) is 10.4. The van der Waals surface area contributed by atoms with Crippen molar-refractivity contribution < 1.29 is 0 Å². The summed E-state index contributed by atoms with van der Waals surface area (Å²) in [5.41, 5.74) is 13.6. The van der Waals surface area contributed by atoms with E-state index < -0.39 is 0 Å². The second-order valence-electron chi connectivity index (χ2n) is 3.14. The van der Waals surface area contributed by atoms with Gasteiger partial charge in [0.05, 0.1) is 4.88 Å². The van der Waals surface area contributed by atoms with E-state index in [1.54, 1.807) is 0 Å². The van der Waals surface area contributed by atoms with Crippen LogP contribution in [-0.2, 0) is 0 Å². The number of hydrogen-bond acceptors (Lipinski definition) is 4. The number of nitrogens with two attached hydrogens (primary N) is 2. The van der Waals surface area contributed by atoms with Crippen molar-refractivity contribution in [2.45, 2.75) is 6.92 Å². The van der Waals surface area contributed by atoms with E-state index in [-0.39, 0.29) is 0 Å². The number of thiazole rings is 1. The minimum atomic E-state index is 0.512. The van der Waals surface area contributed by atoms with Crippen molar-refractivity contribution in [3.05, 3.63) is 29.8 Å². The molecule has 3 nitrogen and oxygen atoms in total. The first kappa shape index (κ1) is 9.02. The topological polar surface area (TPSA) is 64.9 Å². The predicted molar refractivity (Wildman–Crippen MR) is 61.1 cm³/mol. The largest absolute Gasteiger partial charge is 0.382 e. The Labute approximate surface area is 86.4 Å². The third-order valence-electron chi connectivity index (χ3n) is 1.95. The molecule has 14 heavy (non-hydrogen) atoms. The maximum atomic E-state index is 5.74. The van der Waals surface area contributed by atoms with E-state index in [1.807, 2.05) is 25.1 Å². The van der Waals surface area contributed by atoms with Gasteiger partial charge < -0.3 is 11.5 Å². The van der Waals surface area contributed by atoms with Gasteiger partial charge in [0.25, 0.3) is 0 Å². The molecule has 2 aromatic rings. The summed E-state index contributed by atoms with van der Waals surface area (Å²) in [6, 6.07) is 8.13. The van der Waals surface area contributed by atoms with Gasteiger partial charge in [-0.25, -0.2) is 4.98 Å². The van der Waals surface area contributed by atoms with E-state index in [1.165, 1.54) is 16.9 Å². The van der Waals surface area contributed by atoms with Crippen molar-refractivity contribution in [3.8, 4) is 10.4 Å². The van der Waals surface area contributed by atoms with E-state index in [0.717, 1.165) is 10.4 Å². The number of nitrogens with zero attached hydrogens (tertiary/aromatic N) is 1. The number of benzene rings is 1. The molecule has 0 unspecified atom stereocenters. The number of hydrogen-bond donors (Lipinski definition) is 2. The standard InChI is InChI=1S/C10H11N3S/c1-6-3-2-4-7(5-6)8-9(11)13-10(12)14-8/h2-5H,11H2,1H3,(H2,12,13). The molecule has 72 valence electrons. The molecule has 4 N–H and O–H groups in total. The summed E-state index contributed by atoms with van der Waals surface area (Å²) in [6.07, 6.45) is 0. The van der Waals surface area contributed by atoms with Crippen LogP contribution in [0.25, 0.3) is 10.4 Å². The molecule has 0 radical (unpaired) electrons. The third kappa shape index (κ3) is 1.56. The molecule has 1 aromatic heterocycles. The minimum Gasteiger partial charge on any atom is -0.382 e. The van der Waals surface area contributed by atoms with Crippen molar-refractivity contribution >= 4 is 22.3 Å². The minimum absolute atomic E-state index is 0.512. The van der Waals surface area contributed by atoms with Crippen molar-refractivity contribution in [2.24, 2.45) is 0 Å². The van der Waals surface area contributed by atoms with Gasteiger partial charge in [-0.3, -0.25) is 0 Å². The van der Waals surface area contributed by atoms with Gasteiger partial charge in [0, 0.05) is 0 Å². The molecule has 0 saturated heterocycles. The fourth-order valence-electron chi connectivity index (χ4n) is 1.34. The molecule has 0 aliphatic heterocycles. The lowest BCUT2D eigenvalue weighted by Gasteiger charge is -1.99. The molecule has 0 atom stereocenters. The summed E-state index contributed by atoms with van der Waals surface area (Å²) in [5, 5.41) is 0.513. The lowest BCUT2D eigenvalue weighted by molar-refractivity contribution is 1.42. The Balaban J connectivity index is 2.54. The first-order valence-corrected chi connectivity index (χ1v) is 5.07. The number of rotatable bonds is 1. The summed E-state index contributed by atoms with van der Waals surface area (Å²) in [6.45, 7) is 2.05. The van der Waals surface area contributed by atoms with Gasteiger partial charge in [-0.1, -0.05) is 41.2 Å². The van der Waals surface area contributed by atoms with E-state index in [0.29, 0.717) is 10.9 Å². The molecule has 1 heterocycles. The molecule has 1 aromatic carbocycles. The van der Waals surface area contributed by atoms with Crippen LogP contribution in [0, 0.1) is 6.92 Å². The van der Waals surface area contributed by atoms with Gasteiger partial charge in [-0.2, -0.15) is 0 Å². The van der Waals surface area contributed by atoms with Crippen LogP contribution in [0.3, 0.4) is 0 Å². The van der Waals surface area contributed by atoms with Crippen molar-refractivity contribution in [1.82, 2.24) is 4.98 Å². The first-order chi connectivity index (χ1) is 6.66. The van der Waals surface area contributed by atoms with Crippen molar-refractivity contribution in [2.75, 3.05) is 11.5 Å². The quantitative estimate of drug-likeness (QED) is 0.750. The highest BCUT2D eigenvalue weighted by Gasteiger charge is 2.08. The summed E-state index contributed by atoms with van der Waals surface area (Å²) in [7, 11) is 0. The van der Waals surface area contributed by atoms with E-state index >= 15 is 0 Å². The van der Waals surface area contributed by atoms with Gasteiger partial charge >= 0.3 is 0 Å². The van der Waals surface area contributed by atoms with E-state index in [9.17, 15) is 0 Å². The maximum Gasteiger partial charge on any atom is 0.182 e. The Morgan fingerprint density at radius 3 is 2.64 bits per heavy atom. The molecule has 0 bridgehead atoms. The first-order valence-electron chi connectivity index (χ1n) is 4.25. The zero-order valence-electron chi connectivity index (χ0n) is 7.82. The number of anilines is 2. The third-order valence-corrected chi connectivity index (χ3v) is 2.90. The summed E-state index contributed by atoms with van der Waals surface area (Å²) < 4.78 is 0. The van der Waals surface area contributed by atoms with Crippen LogP contribution < -0.4 is 11.5 Å². The lowest BCUT2D eigenvalue weighted by atomic mass is 10.1. The molecule has 0 aliphatic carbocycles. The zero-order valence-corrected chi connectivity index (χ0v) is 8.64. The maximum absolute atomic E-state index is 5.74. The van der Waals surface area contributed by atoms with Crippen LogP contribution in [0.4, 0.5) is 10.9 Å². The Bertz CT molecular complexity index is 462. The van der Waals surface area contributed by atoms with Crippen LogP contribution >= 0.6 is 11.3 Å². The Morgan fingerprint density at radius 2 is 2.07 bits per heavy atom. The summed E-state index contributed by atoms with van der Waals surface area (Å²) in [4.78, 5) is 4.94. The predicted octanol–water partition coefficient (Wildman–Crippen LogP) is 2.28. The summed E-state index contributed by atoms with van der Waals surface area (Å²) in [5.74, 6) is 0.512. The van der Waals surface area contributed by atoms with E-state index in [4.69, 9.17) is 11.5 Å². The van der Waals surface area contributed by atoms with Crippen molar-refractivity contribution in [3.63, 3.8) is 0 Å². The molecule has 0 aliphatic rings. The van der Waals surface area contributed by atoms with Crippen LogP contribution in [-0.4, -0.2) is 4.98 Å². The lowest BCUT2D eigenvalue weighted by Crippen LogP contribution is -1.88. The number of nitrogen functional groups attached to an aromatic ring is 2. The highest BCUT2D eigenvalue weighted by Crippen LogP contribution is 2.33. The zero-order chi connectivity index (χ0) is 10.1. The average molecular weight is 205 g/mol. The number of aryl methyl sites for hydroxylation is 1. The fraction of sp³-hybridized carbons (Fsp3) is 0.100. The SMILES string of the molecule is Cc1cccc(-c2sc(N)nc2N)c1. The average Bonchev–Trinajstić information content (AvgIpc) is 2.45. The van der Waals surface area contributed by atoms with Crippen LogP contribution in [0.5, 0.6) is 0 Å². The second-order valence-corrected chi connectivity index (χ2v) is 4.17. The molecule has 0 amide bonds. The highest BCUT2D eigenvalue weighted by molar-refractivity contribution is 7.19. The van der Waals surface area contributed by atoms with Gasteiger partial charge in [0.15, 0.2) is 5.13 Å². The van der Waals surface area contributed by atoms with Crippen LogP contribution in [0.2, 0.25) is 0 Å². The Kier molecular flexibility index (Phi) is 2.13. The van der Waals surface area contributed by atoms with E-state index in [2.05, 4.69) is 11.1 Å². The smallest absolute Gasteiger partial charge is 0.182 e. The molecule has 0 saturated carbocycles.